The molecular formula is C30H38N2O6. The lowest BCUT2D eigenvalue weighted by molar-refractivity contribution is -0.133. The summed E-state index contributed by atoms with van der Waals surface area (Å²) in [5.74, 6) is 3.09. The highest BCUT2D eigenvalue weighted by atomic mass is 16.5. The van der Waals surface area contributed by atoms with E-state index in [1.165, 1.54) is 0 Å². The van der Waals surface area contributed by atoms with Crippen LogP contribution in [0.5, 0.6) is 17.2 Å². The van der Waals surface area contributed by atoms with E-state index in [2.05, 4.69) is 0 Å². The highest BCUT2D eigenvalue weighted by Gasteiger charge is 2.26. The first kappa shape index (κ1) is 28.6. The van der Waals surface area contributed by atoms with Crippen LogP contribution in [0.2, 0.25) is 0 Å². The molecule has 2 aromatic carbocycles. The van der Waals surface area contributed by atoms with Crippen LogP contribution in [0.3, 0.4) is 0 Å². The number of aryl methyl sites for hydroxylation is 1. The first-order valence-electron chi connectivity index (χ1n) is 12.8. The molecule has 0 radical (unpaired) electrons. The third-order valence-electron chi connectivity index (χ3n) is 6.64. The van der Waals surface area contributed by atoms with Gasteiger partial charge in [-0.3, -0.25) is 9.59 Å². The van der Waals surface area contributed by atoms with Gasteiger partial charge in [0.25, 0.3) is 5.91 Å². The molecule has 1 atom stereocenters. The quantitative estimate of drug-likeness (QED) is 0.310. The molecule has 8 heteroatoms. The Morgan fingerprint density at radius 3 is 2.21 bits per heavy atom. The van der Waals surface area contributed by atoms with Gasteiger partial charge in [0.1, 0.15) is 23.8 Å². The zero-order valence-electron chi connectivity index (χ0n) is 23.2. The Kier molecular flexibility index (Phi) is 10.2. The van der Waals surface area contributed by atoms with E-state index < -0.39 is 0 Å². The summed E-state index contributed by atoms with van der Waals surface area (Å²) in [6, 6.07) is 16.3. The third-order valence-corrected chi connectivity index (χ3v) is 6.64. The number of ether oxygens (including phenoxy) is 3. The third kappa shape index (κ3) is 7.31. The summed E-state index contributed by atoms with van der Waals surface area (Å²) in [4.78, 5) is 30.5. The van der Waals surface area contributed by atoms with Gasteiger partial charge >= 0.3 is 0 Å². The highest BCUT2D eigenvalue weighted by Crippen LogP contribution is 2.28. The maximum absolute atomic E-state index is 13.7. The number of hydrogen-bond acceptors (Lipinski definition) is 6. The monoisotopic (exact) mass is 522 g/mol. The minimum absolute atomic E-state index is 0.0362. The van der Waals surface area contributed by atoms with Crippen molar-refractivity contribution in [1.82, 2.24) is 9.80 Å². The zero-order chi connectivity index (χ0) is 27.7. The molecule has 1 heterocycles. The number of hydrogen-bond donors (Lipinski definition) is 0. The second kappa shape index (κ2) is 13.6. The van der Waals surface area contributed by atoms with E-state index in [1.54, 1.807) is 55.4 Å². The smallest absolute Gasteiger partial charge is 0.254 e. The number of amides is 2. The highest BCUT2D eigenvalue weighted by molar-refractivity contribution is 5.96. The van der Waals surface area contributed by atoms with Gasteiger partial charge in [0.2, 0.25) is 5.91 Å². The molecule has 0 bridgehead atoms. The molecule has 2 amide bonds. The first-order valence-corrected chi connectivity index (χ1v) is 12.8. The standard InChI is InChI=1S/C30H38N2O6/c1-7-21(2)32(30(34)24-10-13-25(35-4)14-11-24)20-29(33)31(19-26-12-8-22(3)38-26)17-16-23-9-15-27(36-5)28(18-23)37-6/h8-15,18,21H,7,16-17,19-20H2,1-6H3/t21-/m0/s1. The van der Waals surface area contributed by atoms with Crippen LogP contribution in [-0.2, 0) is 17.8 Å². The molecule has 0 aliphatic rings. The molecule has 3 aromatic rings. The number of furan rings is 1. The second-order valence-electron chi connectivity index (χ2n) is 9.19. The van der Waals surface area contributed by atoms with E-state index in [-0.39, 0.29) is 24.4 Å². The van der Waals surface area contributed by atoms with Gasteiger partial charge in [-0.1, -0.05) is 13.0 Å². The van der Waals surface area contributed by atoms with Crippen molar-refractivity contribution in [2.24, 2.45) is 0 Å². The fourth-order valence-electron chi connectivity index (χ4n) is 4.14. The van der Waals surface area contributed by atoms with Crippen LogP contribution >= 0.6 is 0 Å². The SMILES string of the molecule is CC[C@H](C)N(CC(=O)N(CCc1ccc(OC)c(OC)c1)Cc1ccc(C)o1)C(=O)c1ccc(OC)cc1. The molecule has 0 spiro atoms. The van der Waals surface area contributed by atoms with Crippen LogP contribution < -0.4 is 14.2 Å². The number of benzene rings is 2. The normalized spacial score (nSPS) is 11.5. The molecule has 0 N–H and O–H groups in total. The Hall–Kier alpha value is -3.94. The average Bonchev–Trinajstić information content (AvgIpc) is 3.37. The summed E-state index contributed by atoms with van der Waals surface area (Å²) in [6.07, 6.45) is 1.32. The molecule has 204 valence electrons. The molecule has 0 fully saturated rings. The lowest BCUT2D eigenvalue weighted by atomic mass is 10.1. The Bertz CT molecular complexity index is 1200. The van der Waals surface area contributed by atoms with Crippen LogP contribution in [0, 0.1) is 6.92 Å². The van der Waals surface area contributed by atoms with E-state index in [4.69, 9.17) is 18.6 Å². The summed E-state index contributed by atoms with van der Waals surface area (Å²) in [6.45, 7) is 6.55. The first-order chi connectivity index (χ1) is 18.3. The maximum Gasteiger partial charge on any atom is 0.254 e. The van der Waals surface area contributed by atoms with Gasteiger partial charge in [-0.25, -0.2) is 0 Å². The molecule has 8 nitrogen and oxygen atoms in total. The van der Waals surface area contributed by atoms with Crippen molar-refractivity contribution >= 4 is 11.8 Å². The number of nitrogens with zero attached hydrogens (tertiary/aromatic N) is 2. The Morgan fingerprint density at radius 2 is 1.63 bits per heavy atom. The maximum atomic E-state index is 13.7. The fraction of sp³-hybridized carbons (Fsp3) is 0.400. The van der Waals surface area contributed by atoms with Crippen molar-refractivity contribution in [3.8, 4) is 17.2 Å². The van der Waals surface area contributed by atoms with Crippen molar-refractivity contribution < 1.29 is 28.2 Å². The lowest BCUT2D eigenvalue weighted by Gasteiger charge is -2.31. The van der Waals surface area contributed by atoms with Crippen LogP contribution in [0.4, 0.5) is 0 Å². The predicted octanol–water partition coefficient (Wildman–Crippen LogP) is 5.13. The van der Waals surface area contributed by atoms with E-state index in [9.17, 15) is 9.59 Å². The minimum atomic E-state index is -0.191. The van der Waals surface area contributed by atoms with Crippen LogP contribution in [0.15, 0.2) is 59.0 Å². The molecule has 0 aliphatic heterocycles. The zero-order valence-corrected chi connectivity index (χ0v) is 23.2. The van der Waals surface area contributed by atoms with Crippen molar-refractivity contribution in [2.45, 2.75) is 46.2 Å². The Balaban J connectivity index is 1.81. The molecule has 3 rings (SSSR count). The number of carbonyl (C=O) groups is 2. The number of methoxy groups -OCH3 is 3. The molecule has 0 unspecified atom stereocenters. The molecule has 0 saturated heterocycles. The van der Waals surface area contributed by atoms with Crippen molar-refractivity contribution in [2.75, 3.05) is 34.4 Å². The number of rotatable bonds is 13. The average molecular weight is 523 g/mol. The van der Waals surface area contributed by atoms with E-state index in [1.807, 2.05) is 51.1 Å². The van der Waals surface area contributed by atoms with Gasteiger partial charge < -0.3 is 28.4 Å². The van der Waals surface area contributed by atoms with Gasteiger partial charge in [0.15, 0.2) is 11.5 Å². The van der Waals surface area contributed by atoms with E-state index in [0.29, 0.717) is 48.1 Å². The van der Waals surface area contributed by atoms with E-state index in [0.717, 1.165) is 17.7 Å². The van der Waals surface area contributed by atoms with Crippen molar-refractivity contribution in [3.63, 3.8) is 0 Å². The predicted molar refractivity (Wildman–Crippen MR) is 146 cm³/mol. The minimum Gasteiger partial charge on any atom is -0.497 e. The van der Waals surface area contributed by atoms with Gasteiger partial charge in [-0.15, -0.1) is 0 Å². The lowest BCUT2D eigenvalue weighted by Crippen LogP contribution is -2.46. The van der Waals surface area contributed by atoms with Crippen molar-refractivity contribution in [3.05, 3.63) is 77.2 Å². The van der Waals surface area contributed by atoms with Gasteiger partial charge in [-0.2, -0.15) is 0 Å². The Labute approximate surface area is 225 Å². The molecule has 1 aromatic heterocycles. The van der Waals surface area contributed by atoms with Crippen molar-refractivity contribution in [1.29, 1.82) is 0 Å². The van der Waals surface area contributed by atoms with Gasteiger partial charge in [0.05, 0.1) is 27.9 Å². The summed E-state index contributed by atoms with van der Waals surface area (Å²) in [7, 11) is 4.78. The van der Waals surface area contributed by atoms with Gasteiger partial charge in [-0.05, 0) is 80.8 Å². The molecule has 38 heavy (non-hydrogen) atoms. The van der Waals surface area contributed by atoms with Crippen LogP contribution in [0.25, 0.3) is 0 Å². The fourth-order valence-corrected chi connectivity index (χ4v) is 4.14. The van der Waals surface area contributed by atoms with Gasteiger partial charge in [0, 0.05) is 18.2 Å². The van der Waals surface area contributed by atoms with E-state index >= 15 is 0 Å². The van der Waals surface area contributed by atoms with Crippen LogP contribution in [0.1, 0.15) is 47.7 Å². The largest absolute Gasteiger partial charge is 0.497 e. The Morgan fingerprint density at radius 1 is 0.921 bits per heavy atom. The summed E-state index contributed by atoms with van der Waals surface area (Å²) >= 11 is 0. The van der Waals surface area contributed by atoms with Crippen LogP contribution in [-0.4, -0.2) is 62.1 Å². The summed E-state index contributed by atoms with van der Waals surface area (Å²) < 4.78 is 21.8. The molecule has 0 aliphatic carbocycles. The summed E-state index contributed by atoms with van der Waals surface area (Å²) in [5.41, 5.74) is 1.52. The number of carbonyl (C=O) groups excluding carboxylic acids is 2. The second-order valence-corrected chi connectivity index (χ2v) is 9.19. The topological polar surface area (TPSA) is 81.5 Å². The molecule has 0 saturated carbocycles. The summed E-state index contributed by atoms with van der Waals surface area (Å²) in [5, 5.41) is 0. The molecular weight excluding hydrogens is 484 g/mol.